The predicted octanol–water partition coefficient (Wildman–Crippen LogP) is 1.29. The summed E-state index contributed by atoms with van der Waals surface area (Å²) in [4.78, 5) is 2.18. The van der Waals surface area contributed by atoms with E-state index in [9.17, 15) is 5.11 Å². The van der Waals surface area contributed by atoms with Crippen LogP contribution in [0.25, 0.3) is 0 Å². The predicted molar refractivity (Wildman–Crippen MR) is 72.3 cm³/mol. The van der Waals surface area contributed by atoms with Crippen molar-refractivity contribution in [2.75, 3.05) is 33.7 Å². The van der Waals surface area contributed by atoms with E-state index in [2.05, 4.69) is 17.3 Å². The molecular weight excluding hydrogens is 252 g/mol. The first-order valence-electron chi connectivity index (χ1n) is 6.07. The Morgan fingerprint density at radius 1 is 1.56 bits per heavy atom. The van der Waals surface area contributed by atoms with E-state index >= 15 is 0 Å². The number of hydrogen-bond acceptors (Lipinski definition) is 4. The number of aliphatic hydroxyl groups excluding tert-OH is 1. The molecule has 1 aliphatic heterocycles. The van der Waals surface area contributed by atoms with Crippen molar-refractivity contribution in [3.8, 4) is 5.75 Å². The number of nitrogens with zero attached hydrogens (tertiary/aromatic N) is 1. The standard InChI is InChI=1S/C13H19ClN2O2/c1-15-6-12(17)9-3-4-13(11(14)5-9)18-10-7-16(2)8-10/h3-5,10,12,15,17H,6-8H2,1-2H3. The highest BCUT2D eigenvalue weighted by Crippen LogP contribution is 2.29. The molecular formula is C13H19ClN2O2. The zero-order valence-electron chi connectivity index (χ0n) is 10.7. The maximum absolute atomic E-state index is 9.84. The number of likely N-dealkylation sites (N-methyl/N-ethyl adjacent to an activating group) is 2. The number of rotatable bonds is 5. The molecule has 1 aromatic rings. The minimum Gasteiger partial charge on any atom is -0.486 e. The average Bonchev–Trinajstić information content (AvgIpc) is 2.29. The molecule has 0 spiro atoms. The van der Waals surface area contributed by atoms with E-state index in [0.717, 1.165) is 18.7 Å². The Labute approximate surface area is 113 Å². The molecule has 0 bridgehead atoms. The molecule has 4 nitrogen and oxygen atoms in total. The Balaban J connectivity index is 2.00. The fourth-order valence-corrected chi connectivity index (χ4v) is 2.26. The molecule has 1 fully saturated rings. The second-order valence-corrected chi connectivity index (χ2v) is 5.13. The van der Waals surface area contributed by atoms with Gasteiger partial charge in [0.05, 0.1) is 11.1 Å². The van der Waals surface area contributed by atoms with Gasteiger partial charge in [0.25, 0.3) is 0 Å². The van der Waals surface area contributed by atoms with Crippen LogP contribution in [-0.4, -0.2) is 49.8 Å². The summed E-state index contributed by atoms with van der Waals surface area (Å²) in [5.74, 6) is 0.690. The fraction of sp³-hybridized carbons (Fsp3) is 0.538. The van der Waals surface area contributed by atoms with Crippen LogP contribution in [0, 0.1) is 0 Å². The number of aliphatic hydroxyl groups is 1. The van der Waals surface area contributed by atoms with E-state index in [0.29, 0.717) is 17.3 Å². The van der Waals surface area contributed by atoms with Crippen molar-refractivity contribution >= 4 is 11.6 Å². The number of ether oxygens (including phenoxy) is 1. The molecule has 0 aromatic heterocycles. The van der Waals surface area contributed by atoms with E-state index in [1.165, 1.54) is 0 Å². The molecule has 0 aliphatic carbocycles. The number of halogens is 1. The van der Waals surface area contributed by atoms with Gasteiger partial charge >= 0.3 is 0 Å². The topological polar surface area (TPSA) is 44.7 Å². The molecule has 0 radical (unpaired) electrons. The third-order valence-electron chi connectivity index (χ3n) is 3.06. The summed E-state index contributed by atoms with van der Waals surface area (Å²) in [7, 11) is 3.86. The Kier molecular flexibility index (Phi) is 4.45. The lowest BCUT2D eigenvalue weighted by Gasteiger charge is -2.36. The van der Waals surface area contributed by atoms with Crippen LogP contribution < -0.4 is 10.1 Å². The van der Waals surface area contributed by atoms with Gasteiger partial charge in [-0.25, -0.2) is 0 Å². The largest absolute Gasteiger partial charge is 0.486 e. The Morgan fingerprint density at radius 3 is 2.83 bits per heavy atom. The molecule has 1 saturated heterocycles. The summed E-state index contributed by atoms with van der Waals surface area (Å²) in [6.45, 7) is 2.37. The van der Waals surface area contributed by atoms with E-state index in [4.69, 9.17) is 16.3 Å². The van der Waals surface area contributed by atoms with Gasteiger partial charge in [-0.2, -0.15) is 0 Å². The highest BCUT2D eigenvalue weighted by molar-refractivity contribution is 6.32. The van der Waals surface area contributed by atoms with Gasteiger partial charge < -0.3 is 15.2 Å². The zero-order valence-corrected chi connectivity index (χ0v) is 11.4. The lowest BCUT2D eigenvalue weighted by Crippen LogP contribution is -2.51. The van der Waals surface area contributed by atoms with Crippen molar-refractivity contribution < 1.29 is 9.84 Å². The van der Waals surface area contributed by atoms with Crippen molar-refractivity contribution in [2.45, 2.75) is 12.2 Å². The van der Waals surface area contributed by atoms with Crippen molar-refractivity contribution in [2.24, 2.45) is 0 Å². The molecule has 100 valence electrons. The monoisotopic (exact) mass is 270 g/mol. The van der Waals surface area contributed by atoms with Crippen LogP contribution in [0.5, 0.6) is 5.75 Å². The second-order valence-electron chi connectivity index (χ2n) is 4.72. The van der Waals surface area contributed by atoms with Gasteiger partial charge in [0.15, 0.2) is 0 Å². The zero-order chi connectivity index (χ0) is 13.1. The van der Waals surface area contributed by atoms with Crippen LogP contribution in [0.1, 0.15) is 11.7 Å². The van der Waals surface area contributed by atoms with Crippen LogP contribution in [0.15, 0.2) is 18.2 Å². The molecule has 1 atom stereocenters. The van der Waals surface area contributed by atoms with Gasteiger partial charge in [0.1, 0.15) is 11.9 Å². The maximum Gasteiger partial charge on any atom is 0.138 e. The van der Waals surface area contributed by atoms with Crippen molar-refractivity contribution in [1.82, 2.24) is 10.2 Å². The van der Waals surface area contributed by atoms with Crippen LogP contribution in [0.3, 0.4) is 0 Å². The summed E-state index contributed by atoms with van der Waals surface area (Å²) in [5.41, 5.74) is 0.799. The number of benzene rings is 1. The van der Waals surface area contributed by atoms with Crippen LogP contribution in [-0.2, 0) is 0 Å². The molecule has 5 heteroatoms. The third kappa shape index (κ3) is 3.14. The first-order chi connectivity index (χ1) is 8.60. The smallest absolute Gasteiger partial charge is 0.138 e. The SMILES string of the molecule is CNCC(O)c1ccc(OC2CN(C)C2)c(Cl)c1. The van der Waals surface area contributed by atoms with Crippen molar-refractivity contribution in [3.63, 3.8) is 0 Å². The molecule has 0 saturated carbocycles. The second kappa shape index (κ2) is 5.89. The van der Waals surface area contributed by atoms with Crippen LogP contribution in [0.2, 0.25) is 5.02 Å². The van der Waals surface area contributed by atoms with Gasteiger partial charge in [-0.1, -0.05) is 17.7 Å². The van der Waals surface area contributed by atoms with E-state index in [-0.39, 0.29) is 6.10 Å². The summed E-state index contributed by atoms with van der Waals surface area (Å²) in [5, 5.41) is 13.3. The van der Waals surface area contributed by atoms with E-state index in [1.54, 1.807) is 13.1 Å². The van der Waals surface area contributed by atoms with Gasteiger partial charge in [-0.05, 0) is 31.8 Å². The molecule has 1 unspecified atom stereocenters. The first kappa shape index (κ1) is 13.6. The summed E-state index contributed by atoms with van der Waals surface area (Å²) < 4.78 is 5.78. The summed E-state index contributed by atoms with van der Waals surface area (Å²) in [6.07, 6.45) is -0.322. The van der Waals surface area contributed by atoms with Gasteiger partial charge in [-0.15, -0.1) is 0 Å². The lowest BCUT2D eigenvalue weighted by atomic mass is 10.1. The highest BCUT2D eigenvalue weighted by Gasteiger charge is 2.25. The Hall–Kier alpha value is -0.810. The molecule has 0 amide bonds. The normalized spacial score (nSPS) is 18.4. The number of nitrogens with one attached hydrogen (secondary N) is 1. The quantitative estimate of drug-likeness (QED) is 0.846. The number of likely N-dealkylation sites (tertiary alicyclic amines) is 1. The van der Waals surface area contributed by atoms with Gasteiger partial charge in [0, 0.05) is 19.6 Å². The van der Waals surface area contributed by atoms with E-state index < -0.39 is 6.10 Å². The first-order valence-corrected chi connectivity index (χ1v) is 6.45. The average molecular weight is 271 g/mol. The molecule has 18 heavy (non-hydrogen) atoms. The Morgan fingerprint density at radius 2 is 2.28 bits per heavy atom. The lowest BCUT2D eigenvalue weighted by molar-refractivity contribution is 0.0388. The molecule has 1 aliphatic rings. The van der Waals surface area contributed by atoms with E-state index in [1.807, 2.05) is 12.1 Å². The third-order valence-corrected chi connectivity index (χ3v) is 3.36. The highest BCUT2D eigenvalue weighted by atomic mass is 35.5. The van der Waals surface area contributed by atoms with Gasteiger partial charge in [0.2, 0.25) is 0 Å². The molecule has 1 aromatic carbocycles. The minimum atomic E-state index is -0.545. The van der Waals surface area contributed by atoms with Crippen molar-refractivity contribution in [1.29, 1.82) is 0 Å². The summed E-state index contributed by atoms with van der Waals surface area (Å²) in [6, 6.07) is 5.45. The molecule has 2 rings (SSSR count). The Bertz CT molecular complexity index is 408. The molecule has 1 heterocycles. The van der Waals surface area contributed by atoms with Crippen LogP contribution >= 0.6 is 11.6 Å². The van der Waals surface area contributed by atoms with Gasteiger partial charge in [-0.3, -0.25) is 4.90 Å². The summed E-state index contributed by atoms with van der Waals surface area (Å²) >= 11 is 6.17. The minimum absolute atomic E-state index is 0.223. The van der Waals surface area contributed by atoms with Crippen LogP contribution in [0.4, 0.5) is 0 Å². The van der Waals surface area contributed by atoms with Crippen molar-refractivity contribution in [3.05, 3.63) is 28.8 Å². The number of hydrogen-bond donors (Lipinski definition) is 2. The fourth-order valence-electron chi connectivity index (χ4n) is 2.03. The molecule has 2 N–H and O–H groups in total. The maximum atomic E-state index is 9.84.